The predicted octanol–water partition coefficient (Wildman–Crippen LogP) is 8.43. The van der Waals surface area contributed by atoms with Crippen molar-refractivity contribution >= 4 is 47.3 Å². The van der Waals surface area contributed by atoms with Gasteiger partial charge in [0.1, 0.15) is 42.4 Å². The second-order valence-corrected chi connectivity index (χ2v) is 20.3. The molecule has 48 heavy (non-hydrogen) atoms. The van der Waals surface area contributed by atoms with Gasteiger partial charge in [-0.3, -0.25) is 0 Å². The van der Waals surface area contributed by atoms with Gasteiger partial charge in [-0.1, -0.05) is 71.2 Å². The number of nitrogens with one attached hydrogen (secondary N) is 1. The summed E-state index contributed by atoms with van der Waals surface area (Å²) in [6.45, 7) is 16.5. The number of pyridine rings is 1. The van der Waals surface area contributed by atoms with Gasteiger partial charge in [-0.05, 0) is 72.2 Å². The fourth-order valence-electron chi connectivity index (χ4n) is 8.15. The van der Waals surface area contributed by atoms with E-state index in [2.05, 4.69) is 80.0 Å². The molecule has 0 saturated carbocycles. The van der Waals surface area contributed by atoms with Gasteiger partial charge in [0.05, 0.1) is 16.5 Å². The average Bonchev–Trinajstić information content (AvgIpc) is 3.39. The Labute approximate surface area is 287 Å². The molecule has 2 aliphatic rings. The van der Waals surface area contributed by atoms with E-state index in [0.29, 0.717) is 61.5 Å². The van der Waals surface area contributed by atoms with Gasteiger partial charge in [-0.15, -0.1) is 5.54 Å². The molecule has 2 aromatic heterocycles. The number of thioether (sulfide) groups is 1. The quantitative estimate of drug-likeness (QED) is 0.0915. The van der Waals surface area contributed by atoms with Crippen LogP contribution in [0.25, 0.3) is 32.9 Å². The summed E-state index contributed by atoms with van der Waals surface area (Å²) in [6.07, 6.45) is 4.03. The van der Waals surface area contributed by atoms with Crippen LogP contribution < -0.4 is 10.2 Å². The summed E-state index contributed by atoms with van der Waals surface area (Å²) in [7, 11) is -2.19. The molecule has 2 atom stereocenters. The summed E-state index contributed by atoms with van der Waals surface area (Å²) in [5.41, 5.74) is 5.45. The van der Waals surface area contributed by atoms with Crippen LogP contribution in [0.4, 0.5) is 14.6 Å². The maximum Gasteiger partial charge on any atom is 0.189 e. The normalized spacial score (nSPS) is 17.7. The minimum Gasteiger partial charge on any atom is -0.507 e. The van der Waals surface area contributed by atoms with Gasteiger partial charge in [0.15, 0.2) is 11.0 Å². The lowest BCUT2D eigenvalue weighted by Gasteiger charge is -2.38. The molecule has 0 spiro atoms. The highest BCUT2D eigenvalue weighted by atomic mass is 32.2. The van der Waals surface area contributed by atoms with Crippen molar-refractivity contribution in [1.82, 2.24) is 20.3 Å². The second kappa shape index (κ2) is 13.3. The van der Waals surface area contributed by atoms with Crippen molar-refractivity contribution in [3.05, 3.63) is 47.2 Å². The molecule has 0 unspecified atom stereocenters. The number of aromatic nitrogens is 3. The zero-order valence-corrected chi connectivity index (χ0v) is 30.7. The minimum atomic E-state index is -2.19. The van der Waals surface area contributed by atoms with Crippen LogP contribution >= 0.6 is 11.8 Å². The van der Waals surface area contributed by atoms with Crippen LogP contribution in [0.3, 0.4) is 0 Å². The Balaban J connectivity index is 1.61. The standard InChI is InChI=1S/C38H43F2N5OSSi/c1-9-10-30-33-36(43-38(47-8)44-37(33)45-19-24-11-12-25(20-45)41-24)34(40)35(42-30)32-28-13-15-29(39)27(26(28)14-16-31(32)46)17-18-48(21(2)3,22(4)5)23(6)7/h13-16,21-25,41,46H,11-12,19-20H2,1-8H3/t24-,25+. The lowest BCUT2D eigenvalue weighted by molar-refractivity contribution is 0.463. The summed E-state index contributed by atoms with van der Waals surface area (Å²) in [4.78, 5) is 16.5. The lowest BCUT2D eigenvalue weighted by atomic mass is 9.96. The molecule has 2 bridgehead atoms. The summed E-state index contributed by atoms with van der Waals surface area (Å²) in [5, 5.41) is 16.8. The molecule has 0 radical (unpaired) electrons. The largest absolute Gasteiger partial charge is 0.507 e. The molecule has 2 saturated heterocycles. The third-order valence-electron chi connectivity index (χ3n) is 10.3. The van der Waals surface area contributed by atoms with Crippen LogP contribution in [-0.2, 0) is 0 Å². The first kappa shape index (κ1) is 34.2. The Morgan fingerprint density at radius 2 is 1.56 bits per heavy atom. The van der Waals surface area contributed by atoms with Gasteiger partial charge in [-0.25, -0.2) is 23.7 Å². The van der Waals surface area contributed by atoms with Crippen molar-refractivity contribution in [2.75, 3.05) is 24.2 Å². The molecular weight excluding hydrogens is 641 g/mol. The highest BCUT2D eigenvalue weighted by Crippen LogP contribution is 2.43. The Morgan fingerprint density at radius 1 is 0.917 bits per heavy atom. The van der Waals surface area contributed by atoms with Crippen LogP contribution in [0.5, 0.6) is 5.75 Å². The van der Waals surface area contributed by atoms with E-state index in [0.717, 1.165) is 25.9 Å². The summed E-state index contributed by atoms with van der Waals surface area (Å²) < 4.78 is 32.7. The maximum absolute atomic E-state index is 17.0. The number of piperazine rings is 1. The van der Waals surface area contributed by atoms with E-state index in [1.807, 2.05) is 6.26 Å². The molecule has 2 N–H and O–H groups in total. The average molecular weight is 684 g/mol. The first-order valence-corrected chi connectivity index (χ1v) is 20.2. The third kappa shape index (κ3) is 5.72. The van der Waals surface area contributed by atoms with Crippen LogP contribution in [0.1, 0.15) is 72.6 Å². The van der Waals surface area contributed by atoms with E-state index < -0.39 is 19.7 Å². The number of fused-ring (bicyclic) bond motifs is 4. The lowest BCUT2D eigenvalue weighted by Crippen LogP contribution is -2.51. The zero-order valence-electron chi connectivity index (χ0n) is 28.9. The van der Waals surface area contributed by atoms with Crippen LogP contribution in [0.15, 0.2) is 29.4 Å². The Hall–Kier alpha value is -3.70. The van der Waals surface area contributed by atoms with Gasteiger partial charge in [0, 0.05) is 30.6 Å². The number of anilines is 1. The number of rotatable bonds is 6. The van der Waals surface area contributed by atoms with Crippen molar-refractivity contribution < 1.29 is 13.9 Å². The molecular formula is C38H43F2N5OSSi. The molecule has 2 aliphatic heterocycles. The third-order valence-corrected chi connectivity index (χ3v) is 17.2. The number of phenolic OH excluding ortho intramolecular Hbond substituents is 1. The Morgan fingerprint density at radius 3 is 2.17 bits per heavy atom. The van der Waals surface area contributed by atoms with Crippen molar-refractivity contribution in [3.8, 4) is 40.3 Å². The van der Waals surface area contributed by atoms with E-state index in [1.165, 1.54) is 23.9 Å². The highest BCUT2D eigenvalue weighted by molar-refractivity contribution is 7.98. The summed E-state index contributed by atoms with van der Waals surface area (Å²) in [5.74, 6) is 8.59. The summed E-state index contributed by atoms with van der Waals surface area (Å²) in [6, 6.07) is 6.70. The van der Waals surface area contributed by atoms with Gasteiger partial charge in [-0.2, -0.15) is 0 Å². The molecule has 10 heteroatoms. The van der Waals surface area contributed by atoms with Crippen molar-refractivity contribution in [2.45, 2.75) is 95.2 Å². The van der Waals surface area contributed by atoms with Gasteiger partial charge < -0.3 is 15.3 Å². The smallest absolute Gasteiger partial charge is 0.189 e. The topological polar surface area (TPSA) is 74.2 Å². The Kier molecular flexibility index (Phi) is 9.47. The molecule has 4 aromatic rings. The van der Waals surface area contributed by atoms with Crippen molar-refractivity contribution in [3.63, 3.8) is 0 Å². The summed E-state index contributed by atoms with van der Waals surface area (Å²) >= 11 is 1.34. The molecule has 0 amide bonds. The molecule has 6 rings (SSSR count). The van der Waals surface area contributed by atoms with E-state index in [4.69, 9.17) is 9.97 Å². The number of nitrogens with zero attached hydrogens (tertiary/aromatic N) is 4. The van der Waals surface area contributed by atoms with Gasteiger partial charge in [0.25, 0.3) is 0 Å². The number of phenols is 1. The van der Waals surface area contributed by atoms with Crippen LogP contribution in [0.2, 0.25) is 16.6 Å². The SMILES string of the molecule is CC#Cc1nc(-c2c(O)ccc3c(C#C[Si](C(C)C)(C(C)C)C(C)C)c(F)ccc23)c(F)c2nc(SC)nc(N3C[C@H]4CC[C@@H](C3)N4)c12. The molecule has 2 fully saturated rings. The molecule has 0 aliphatic carbocycles. The predicted molar refractivity (Wildman–Crippen MR) is 196 cm³/mol. The first-order valence-electron chi connectivity index (χ1n) is 16.8. The molecule has 4 heterocycles. The number of benzene rings is 2. The van der Waals surface area contributed by atoms with E-state index in [9.17, 15) is 5.11 Å². The van der Waals surface area contributed by atoms with Crippen LogP contribution in [-0.4, -0.2) is 59.6 Å². The minimum absolute atomic E-state index is 0.0955. The van der Waals surface area contributed by atoms with E-state index >= 15 is 8.78 Å². The first-order chi connectivity index (χ1) is 22.9. The van der Waals surface area contributed by atoms with Gasteiger partial charge >= 0.3 is 0 Å². The molecule has 6 nitrogen and oxygen atoms in total. The van der Waals surface area contributed by atoms with Gasteiger partial charge in [0.2, 0.25) is 0 Å². The number of aromatic hydroxyl groups is 1. The Bertz CT molecular complexity index is 2010. The fourth-order valence-corrected chi connectivity index (χ4v) is 13.7. The fraction of sp³-hybridized carbons (Fsp3) is 0.447. The van der Waals surface area contributed by atoms with Crippen molar-refractivity contribution in [2.24, 2.45) is 0 Å². The number of hydrogen-bond acceptors (Lipinski definition) is 7. The van der Waals surface area contributed by atoms with E-state index in [1.54, 1.807) is 19.1 Å². The van der Waals surface area contributed by atoms with E-state index in [-0.39, 0.29) is 28.1 Å². The number of hydrogen-bond donors (Lipinski definition) is 2. The number of halogens is 2. The highest BCUT2D eigenvalue weighted by Gasteiger charge is 2.42. The zero-order chi connectivity index (χ0) is 34.5. The maximum atomic E-state index is 17.0. The molecule has 2 aromatic carbocycles. The second-order valence-electron chi connectivity index (χ2n) is 13.9. The van der Waals surface area contributed by atoms with Crippen molar-refractivity contribution in [1.29, 1.82) is 0 Å². The van der Waals surface area contributed by atoms with Crippen LogP contribution in [0, 0.1) is 34.9 Å². The molecule has 250 valence electrons. The monoisotopic (exact) mass is 683 g/mol.